The maximum absolute atomic E-state index is 4.65. The van der Waals surface area contributed by atoms with Crippen LogP contribution in [-0.4, -0.2) is 36.1 Å². The maximum atomic E-state index is 4.65. The van der Waals surface area contributed by atoms with E-state index in [1.807, 2.05) is 31.3 Å². The molecule has 94 valence electrons. The fraction of sp³-hybridized carbons (Fsp3) is 0.385. The van der Waals surface area contributed by atoms with Crippen molar-refractivity contribution >= 4 is 22.7 Å². The Morgan fingerprint density at radius 1 is 1.17 bits per heavy atom. The van der Waals surface area contributed by atoms with Gasteiger partial charge in [0.05, 0.1) is 11.0 Å². The van der Waals surface area contributed by atoms with Crippen molar-refractivity contribution in [1.82, 2.24) is 15.3 Å². The highest BCUT2D eigenvalue weighted by Gasteiger charge is 2.17. The minimum atomic E-state index is 0.438. The Labute approximate surface area is 106 Å². The molecule has 2 heterocycles. The maximum Gasteiger partial charge on any atom is 0.170 e. The Morgan fingerprint density at radius 2 is 1.89 bits per heavy atom. The third-order valence-corrected chi connectivity index (χ3v) is 3.21. The molecule has 0 aliphatic carbocycles. The van der Waals surface area contributed by atoms with E-state index in [-0.39, 0.29) is 0 Å². The van der Waals surface area contributed by atoms with E-state index in [9.17, 15) is 0 Å². The molecular weight excluding hydrogens is 226 g/mol. The Hall–Kier alpha value is -1.88. The topological polar surface area (TPSA) is 61.9 Å². The number of para-hydroxylation sites is 2. The second-order valence-corrected chi connectivity index (χ2v) is 4.49. The molecule has 1 aliphatic rings. The van der Waals surface area contributed by atoms with Gasteiger partial charge in [0.25, 0.3) is 0 Å². The van der Waals surface area contributed by atoms with Crippen LogP contribution in [0.2, 0.25) is 0 Å². The minimum Gasteiger partial charge on any atom is -0.370 e. The largest absolute Gasteiger partial charge is 0.370 e. The molecule has 1 aromatic carbocycles. The number of fused-ring (bicyclic) bond motifs is 1. The quantitative estimate of drug-likeness (QED) is 0.761. The summed E-state index contributed by atoms with van der Waals surface area (Å²) in [6.45, 7) is 2.05. The van der Waals surface area contributed by atoms with Crippen LogP contribution in [0.15, 0.2) is 24.3 Å². The Balaban J connectivity index is 1.97. The first-order valence-corrected chi connectivity index (χ1v) is 6.28. The van der Waals surface area contributed by atoms with Crippen LogP contribution in [0.3, 0.4) is 0 Å². The van der Waals surface area contributed by atoms with Gasteiger partial charge in [-0.3, -0.25) is 0 Å². The molecule has 5 heteroatoms. The molecule has 1 atom stereocenters. The van der Waals surface area contributed by atoms with E-state index in [2.05, 4.69) is 25.9 Å². The van der Waals surface area contributed by atoms with Crippen LogP contribution < -0.4 is 16.0 Å². The van der Waals surface area contributed by atoms with Crippen LogP contribution in [0.4, 0.5) is 11.6 Å². The van der Waals surface area contributed by atoms with Crippen LogP contribution >= 0.6 is 0 Å². The third kappa shape index (κ3) is 2.09. The molecule has 1 aliphatic heterocycles. The van der Waals surface area contributed by atoms with Crippen LogP contribution in [-0.2, 0) is 0 Å². The fourth-order valence-corrected chi connectivity index (χ4v) is 2.25. The molecule has 0 radical (unpaired) electrons. The number of rotatable bonds is 3. The number of nitrogens with one attached hydrogen (secondary N) is 3. The summed E-state index contributed by atoms with van der Waals surface area (Å²) < 4.78 is 0. The van der Waals surface area contributed by atoms with E-state index in [4.69, 9.17) is 0 Å². The van der Waals surface area contributed by atoms with Crippen LogP contribution in [0.1, 0.15) is 6.42 Å². The summed E-state index contributed by atoms with van der Waals surface area (Å²) in [6, 6.07) is 8.36. The van der Waals surface area contributed by atoms with Gasteiger partial charge in [-0.25, -0.2) is 9.97 Å². The lowest BCUT2D eigenvalue weighted by atomic mass is 10.2. The van der Waals surface area contributed by atoms with Crippen molar-refractivity contribution in [2.45, 2.75) is 12.5 Å². The Kier molecular flexibility index (Phi) is 2.98. The average Bonchev–Trinajstić information content (AvgIpc) is 2.91. The van der Waals surface area contributed by atoms with Crippen molar-refractivity contribution in [2.24, 2.45) is 0 Å². The fourth-order valence-electron chi connectivity index (χ4n) is 2.25. The van der Waals surface area contributed by atoms with E-state index in [1.54, 1.807) is 0 Å². The predicted molar refractivity (Wildman–Crippen MR) is 74.0 cm³/mol. The molecule has 5 nitrogen and oxygen atoms in total. The summed E-state index contributed by atoms with van der Waals surface area (Å²) in [5, 5.41) is 9.90. The number of hydrogen-bond acceptors (Lipinski definition) is 5. The summed E-state index contributed by atoms with van der Waals surface area (Å²) in [7, 11) is 1.87. The number of aromatic nitrogens is 2. The lowest BCUT2D eigenvalue weighted by molar-refractivity contribution is 0.788. The lowest BCUT2D eigenvalue weighted by Gasteiger charge is -2.15. The molecule has 3 rings (SSSR count). The summed E-state index contributed by atoms with van der Waals surface area (Å²) in [5.74, 6) is 1.64. The average molecular weight is 243 g/mol. The van der Waals surface area contributed by atoms with Gasteiger partial charge < -0.3 is 16.0 Å². The van der Waals surface area contributed by atoms with Crippen molar-refractivity contribution in [1.29, 1.82) is 0 Å². The van der Waals surface area contributed by atoms with Crippen molar-refractivity contribution in [2.75, 3.05) is 30.8 Å². The predicted octanol–water partition coefficient (Wildman–Crippen LogP) is 1.45. The molecule has 18 heavy (non-hydrogen) atoms. The van der Waals surface area contributed by atoms with E-state index in [1.165, 1.54) is 0 Å². The van der Waals surface area contributed by atoms with Gasteiger partial charge in [0.15, 0.2) is 11.6 Å². The van der Waals surface area contributed by atoms with Gasteiger partial charge in [0, 0.05) is 19.6 Å². The van der Waals surface area contributed by atoms with Crippen LogP contribution in [0.25, 0.3) is 11.0 Å². The second kappa shape index (κ2) is 4.78. The molecule has 0 unspecified atom stereocenters. The molecule has 1 saturated heterocycles. The van der Waals surface area contributed by atoms with Gasteiger partial charge in [0.1, 0.15) is 0 Å². The van der Waals surface area contributed by atoms with Gasteiger partial charge in [-0.2, -0.15) is 0 Å². The first-order valence-electron chi connectivity index (χ1n) is 6.28. The molecule has 0 amide bonds. The van der Waals surface area contributed by atoms with E-state index in [0.29, 0.717) is 6.04 Å². The zero-order chi connectivity index (χ0) is 12.4. The molecule has 0 bridgehead atoms. The minimum absolute atomic E-state index is 0.438. The molecule has 1 aromatic heterocycles. The van der Waals surface area contributed by atoms with Crippen LogP contribution in [0.5, 0.6) is 0 Å². The number of hydrogen-bond donors (Lipinski definition) is 3. The number of anilines is 2. The smallest absolute Gasteiger partial charge is 0.170 e. The van der Waals surface area contributed by atoms with Crippen molar-refractivity contribution in [3.63, 3.8) is 0 Å². The van der Waals surface area contributed by atoms with Gasteiger partial charge in [0.2, 0.25) is 0 Å². The standard InChI is InChI=1S/C13H17N5/c1-14-12-13(16-9-6-7-15-8-9)18-11-5-3-2-4-10(11)17-12/h2-5,9,15H,6-8H2,1H3,(H,14,17)(H,16,18)/t9-/m1/s1. The summed E-state index contributed by atoms with van der Waals surface area (Å²) >= 11 is 0. The highest BCUT2D eigenvalue weighted by molar-refractivity contribution is 5.80. The summed E-state index contributed by atoms with van der Waals surface area (Å²) in [6.07, 6.45) is 1.12. The van der Waals surface area contributed by atoms with Gasteiger partial charge in [-0.05, 0) is 25.1 Å². The number of nitrogens with zero attached hydrogens (tertiary/aromatic N) is 2. The highest BCUT2D eigenvalue weighted by Crippen LogP contribution is 2.22. The Bertz CT molecular complexity index is 548. The van der Waals surface area contributed by atoms with Crippen molar-refractivity contribution in [3.8, 4) is 0 Å². The molecule has 1 fully saturated rings. The zero-order valence-corrected chi connectivity index (χ0v) is 10.4. The third-order valence-electron chi connectivity index (χ3n) is 3.21. The lowest BCUT2D eigenvalue weighted by Crippen LogP contribution is -2.23. The normalized spacial score (nSPS) is 19.1. The number of benzene rings is 1. The van der Waals surface area contributed by atoms with E-state index >= 15 is 0 Å². The van der Waals surface area contributed by atoms with Gasteiger partial charge in [-0.15, -0.1) is 0 Å². The monoisotopic (exact) mass is 243 g/mol. The first kappa shape index (κ1) is 11.2. The molecule has 2 aromatic rings. The molecule has 0 saturated carbocycles. The highest BCUT2D eigenvalue weighted by atomic mass is 15.1. The zero-order valence-electron chi connectivity index (χ0n) is 10.4. The SMILES string of the molecule is CNc1nc2ccccc2nc1N[C@@H]1CCNC1. The Morgan fingerprint density at radius 3 is 2.50 bits per heavy atom. The van der Waals surface area contributed by atoms with Crippen molar-refractivity contribution < 1.29 is 0 Å². The van der Waals surface area contributed by atoms with E-state index < -0.39 is 0 Å². The van der Waals surface area contributed by atoms with Gasteiger partial charge in [-0.1, -0.05) is 12.1 Å². The molecular formula is C13H17N5. The molecule has 0 spiro atoms. The van der Waals surface area contributed by atoms with Gasteiger partial charge >= 0.3 is 0 Å². The van der Waals surface area contributed by atoms with Crippen molar-refractivity contribution in [3.05, 3.63) is 24.3 Å². The summed E-state index contributed by atoms with van der Waals surface area (Å²) in [4.78, 5) is 9.22. The molecule has 3 N–H and O–H groups in total. The van der Waals surface area contributed by atoms with E-state index in [0.717, 1.165) is 42.2 Å². The second-order valence-electron chi connectivity index (χ2n) is 4.49. The first-order chi connectivity index (χ1) is 8.86. The summed E-state index contributed by atoms with van der Waals surface area (Å²) in [5.41, 5.74) is 1.84. The van der Waals surface area contributed by atoms with Crippen LogP contribution in [0, 0.1) is 0 Å².